The van der Waals surface area contributed by atoms with Gasteiger partial charge in [0.05, 0.1) is 6.10 Å². The Morgan fingerprint density at radius 3 is 2.59 bits per heavy atom. The van der Waals surface area contributed by atoms with Crippen molar-refractivity contribution in [2.75, 3.05) is 38.7 Å². The lowest BCUT2D eigenvalue weighted by molar-refractivity contribution is -0.0493. The number of aryl methyl sites for hydroxylation is 2. The first-order valence-corrected chi connectivity index (χ1v) is 10.9. The smallest absolute Gasteiger partial charge is 0.135 e. The fourth-order valence-corrected chi connectivity index (χ4v) is 5.03. The molecule has 0 spiro atoms. The van der Waals surface area contributed by atoms with E-state index in [4.69, 9.17) is 9.72 Å². The Labute approximate surface area is 164 Å². The van der Waals surface area contributed by atoms with Crippen molar-refractivity contribution in [2.24, 2.45) is 17.8 Å². The van der Waals surface area contributed by atoms with E-state index >= 15 is 0 Å². The molecule has 2 aliphatic carbocycles. The van der Waals surface area contributed by atoms with Crippen LogP contribution in [-0.2, 0) is 11.2 Å². The number of anilines is 1. The maximum absolute atomic E-state index is 6.43. The summed E-state index contributed by atoms with van der Waals surface area (Å²) < 4.78 is 6.43. The Bertz CT molecular complexity index is 645. The van der Waals surface area contributed by atoms with Crippen LogP contribution < -0.4 is 4.90 Å². The molecule has 5 nitrogen and oxygen atoms in total. The number of nitrogens with zero attached hydrogens (tertiary/aromatic N) is 4. The van der Waals surface area contributed by atoms with Gasteiger partial charge in [0.1, 0.15) is 11.6 Å². The van der Waals surface area contributed by atoms with Crippen LogP contribution in [0.15, 0.2) is 6.20 Å². The van der Waals surface area contributed by atoms with Gasteiger partial charge >= 0.3 is 0 Å². The van der Waals surface area contributed by atoms with Crippen LogP contribution >= 0.6 is 0 Å². The Morgan fingerprint density at radius 1 is 1.19 bits per heavy atom. The molecule has 4 rings (SSSR count). The second kappa shape index (κ2) is 8.04. The van der Waals surface area contributed by atoms with Gasteiger partial charge in [0.15, 0.2) is 0 Å². The van der Waals surface area contributed by atoms with Gasteiger partial charge in [-0.1, -0.05) is 13.3 Å². The van der Waals surface area contributed by atoms with Gasteiger partial charge in [-0.3, -0.25) is 0 Å². The van der Waals surface area contributed by atoms with Gasteiger partial charge in [0.25, 0.3) is 0 Å². The van der Waals surface area contributed by atoms with Gasteiger partial charge in [-0.25, -0.2) is 9.97 Å². The molecule has 3 fully saturated rings. The Kier molecular flexibility index (Phi) is 5.70. The van der Waals surface area contributed by atoms with Crippen molar-refractivity contribution in [1.29, 1.82) is 0 Å². The molecule has 5 heteroatoms. The molecule has 0 aromatic carbocycles. The predicted molar refractivity (Wildman–Crippen MR) is 109 cm³/mol. The van der Waals surface area contributed by atoms with E-state index in [9.17, 15) is 0 Å². The topological polar surface area (TPSA) is 41.5 Å². The van der Waals surface area contributed by atoms with Crippen LogP contribution in [0.5, 0.6) is 0 Å². The van der Waals surface area contributed by atoms with Crippen LogP contribution in [0.4, 0.5) is 5.82 Å². The lowest BCUT2D eigenvalue weighted by Crippen LogP contribution is -2.48. The highest BCUT2D eigenvalue weighted by molar-refractivity contribution is 5.47. The van der Waals surface area contributed by atoms with E-state index in [1.807, 2.05) is 13.1 Å². The third-order valence-electron chi connectivity index (χ3n) is 6.77. The molecule has 1 aromatic rings. The summed E-state index contributed by atoms with van der Waals surface area (Å²) >= 11 is 0. The number of hydrogen-bond acceptors (Lipinski definition) is 5. The van der Waals surface area contributed by atoms with Crippen LogP contribution in [0.3, 0.4) is 0 Å². The van der Waals surface area contributed by atoms with Crippen LogP contribution in [0.2, 0.25) is 0 Å². The molecule has 150 valence electrons. The molecule has 2 heterocycles. The summed E-state index contributed by atoms with van der Waals surface area (Å²) in [6.45, 7) is 7.48. The molecular weight excluding hydrogens is 336 g/mol. The molecule has 1 aliphatic heterocycles. The van der Waals surface area contributed by atoms with Crippen molar-refractivity contribution in [2.45, 2.75) is 64.5 Å². The molecule has 0 amide bonds. The van der Waals surface area contributed by atoms with E-state index in [0.717, 1.165) is 56.1 Å². The molecular formula is C22H36N4O. The zero-order valence-corrected chi connectivity index (χ0v) is 17.5. The molecule has 0 unspecified atom stereocenters. The molecule has 0 radical (unpaired) electrons. The average Bonchev–Trinajstić information content (AvgIpc) is 3.38. The van der Waals surface area contributed by atoms with Gasteiger partial charge in [0, 0.05) is 37.5 Å². The third-order valence-corrected chi connectivity index (χ3v) is 6.77. The van der Waals surface area contributed by atoms with E-state index < -0.39 is 0 Å². The fourth-order valence-electron chi connectivity index (χ4n) is 5.03. The van der Waals surface area contributed by atoms with Crippen molar-refractivity contribution >= 4 is 5.82 Å². The summed E-state index contributed by atoms with van der Waals surface area (Å²) in [6, 6.07) is 0.548. The molecule has 2 saturated carbocycles. The fraction of sp³-hybridized carbons (Fsp3) is 0.818. The standard InChI is InChI=1S/C22H36N4O/c1-5-6-17-11-23-15(2)24-22(17)26-12-18-9-20(25(3)4)21(10-19(18)13-26)27-14-16-7-8-16/h11,16,18-21H,5-10,12-14H2,1-4H3/t18-,19+,20-,21-/m1/s1. The third kappa shape index (κ3) is 4.29. The minimum absolute atomic E-state index is 0.393. The number of rotatable bonds is 7. The number of hydrogen-bond donors (Lipinski definition) is 0. The summed E-state index contributed by atoms with van der Waals surface area (Å²) in [5.74, 6) is 4.40. The zero-order chi connectivity index (χ0) is 19.0. The van der Waals surface area contributed by atoms with E-state index in [-0.39, 0.29) is 0 Å². The first-order chi connectivity index (χ1) is 13.0. The number of likely N-dealkylation sites (N-methyl/N-ethyl adjacent to an activating group) is 1. The Morgan fingerprint density at radius 2 is 1.93 bits per heavy atom. The lowest BCUT2D eigenvalue weighted by Gasteiger charge is -2.41. The highest BCUT2D eigenvalue weighted by atomic mass is 16.5. The van der Waals surface area contributed by atoms with Crippen LogP contribution in [-0.4, -0.2) is 60.8 Å². The predicted octanol–water partition coefficient (Wildman–Crippen LogP) is 3.31. The number of fused-ring (bicyclic) bond motifs is 1. The molecule has 3 aliphatic rings. The quantitative estimate of drug-likeness (QED) is 0.734. The van der Waals surface area contributed by atoms with Gasteiger partial charge in [-0.2, -0.15) is 0 Å². The number of aromatic nitrogens is 2. The molecule has 27 heavy (non-hydrogen) atoms. The molecule has 4 atom stereocenters. The first kappa shape index (κ1) is 19.1. The summed E-state index contributed by atoms with van der Waals surface area (Å²) in [5, 5.41) is 0. The normalized spacial score (nSPS) is 30.8. The Hall–Kier alpha value is -1.20. The Balaban J connectivity index is 1.48. The van der Waals surface area contributed by atoms with Crippen LogP contribution in [0, 0.1) is 24.7 Å². The minimum Gasteiger partial charge on any atom is -0.376 e. The van der Waals surface area contributed by atoms with E-state index in [1.54, 1.807) is 0 Å². The maximum atomic E-state index is 6.43. The highest BCUT2D eigenvalue weighted by Gasteiger charge is 2.44. The summed E-state index contributed by atoms with van der Waals surface area (Å²) in [5.41, 5.74) is 1.31. The number of ether oxygens (including phenoxy) is 1. The van der Waals surface area contributed by atoms with Crippen LogP contribution in [0.1, 0.15) is 50.4 Å². The van der Waals surface area contributed by atoms with Crippen LogP contribution in [0.25, 0.3) is 0 Å². The SMILES string of the molecule is CCCc1cnc(C)nc1N1C[C@H]2C[C@@H](N(C)C)[C@H](OCC3CC3)C[C@H]2C1. The largest absolute Gasteiger partial charge is 0.376 e. The molecule has 0 bridgehead atoms. The second-order valence-corrected chi connectivity index (χ2v) is 9.26. The average molecular weight is 373 g/mol. The maximum Gasteiger partial charge on any atom is 0.135 e. The van der Waals surface area contributed by atoms with Crippen molar-refractivity contribution < 1.29 is 4.74 Å². The monoisotopic (exact) mass is 372 g/mol. The summed E-state index contributed by atoms with van der Waals surface area (Å²) in [7, 11) is 4.44. The summed E-state index contributed by atoms with van der Waals surface area (Å²) in [6.07, 6.45) is 9.82. The zero-order valence-electron chi connectivity index (χ0n) is 17.5. The molecule has 0 N–H and O–H groups in total. The molecule has 1 saturated heterocycles. The van der Waals surface area contributed by atoms with Gasteiger partial charge in [0.2, 0.25) is 0 Å². The van der Waals surface area contributed by atoms with Crippen molar-refractivity contribution in [1.82, 2.24) is 14.9 Å². The van der Waals surface area contributed by atoms with Gasteiger partial charge in [-0.05, 0) is 70.9 Å². The molecule has 1 aromatic heterocycles. The first-order valence-electron chi connectivity index (χ1n) is 10.9. The van der Waals surface area contributed by atoms with Crippen molar-refractivity contribution in [3.05, 3.63) is 17.6 Å². The second-order valence-electron chi connectivity index (χ2n) is 9.26. The van der Waals surface area contributed by atoms with Crippen molar-refractivity contribution in [3.8, 4) is 0 Å². The van der Waals surface area contributed by atoms with E-state index in [2.05, 4.69) is 35.8 Å². The summed E-state index contributed by atoms with van der Waals surface area (Å²) in [4.78, 5) is 14.2. The van der Waals surface area contributed by atoms with E-state index in [1.165, 1.54) is 37.1 Å². The highest BCUT2D eigenvalue weighted by Crippen LogP contribution is 2.41. The van der Waals surface area contributed by atoms with Crippen molar-refractivity contribution in [3.63, 3.8) is 0 Å². The van der Waals surface area contributed by atoms with Gasteiger partial charge < -0.3 is 14.5 Å². The van der Waals surface area contributed by atoms with E-state index in [0.29, 0.717) is 12.1 Å². The lowest BCUT2D eigenvalue weighted by atomic mass is 9.77. The van der Waals surface area contributed by atoms with Gasteiger partial charge in [-0.15, -0.1) is 0 Å². The minimum atomic E-state index is 0.393.